The average molecular weight is 1360 g/mol. The third kappa shape index (κ3) is 22.2. The van der Waals surface area contributed by atoms with E-state index in [0.29, 0.717) is 42.1 Å². The van der Waals surface area contributed by atoms with Gasteiger partial charge in [-0.05, 0) is 113 Å². The number of aliphatic hydroxyl groups is 1. The highest BCUT2D eigenvalue weighted by atomic mass is 35.5. The summed E-state index contributed by atoms with van der Waals surface area (Å²) in [6, 6.07) is 2.48. The smallest absolute Gasteiger partial charge is 0.248 e. The molecule has 534 valence electrons. The molecular weight excluding hydrogens is 1250 g/mol. The van der Waals surface area contributed by atoms with E-state index in [9.17, 15) is 48.3 Å². The van der Waals surface area contributed by atoms with Crippen LogP contribution in [-0.2, 0) is 70.4 Å². The Morgan fingerprint density at radius 3 is 1.59 bits per heavy atom. The fourth-order valence-corrected chi connectivity index (χ4v) is 12.5. The SMILES string of the molecule is CC(C)C[C@H]1C(=O)N[C@H](C(=O)N2CCCCC2)CC(=O)N(C)[C@@H](C)C(=O)N[C@@H](CCc2ccccc2Cl)C(=O)N(C)[C@@H](CC(C)C)C(=O)N(C)[C@@H](CC(C)C)C(=O)N[C@@H](C)C(=O)N(C)[C@@H](Cc2ccccc2)C(=O)N(C)[C@@H](C(C)C)C(=O)N[C@@H]([C@@H](C)O)C(=O)N(C)CC(=O)N1C. The number of nitrogens with one attached hydrogen (secondary N) is 4. The molecule has 2 saturated heterocycles. The van der Waals surface area contributed by atoms with Crippen molar-refractivity contribution in [3.8, 4) is 0 Å². The lowest BCUT2D eigenvalue weighted by Crippen LogP contribution is -2.62. The summed E-state index contributed by atoms with van der Waals surface area (Å²) in [5.74, 6) is -9.94. The number of benzene rings is 2. The minimum atomic E-state index is -1.66. The number of nitrogens with zero attached hydrogens (tertiary/aromatic N) is 8. The predicted molar refractivity (Wildman–Crippen MR) is 366 cm³/mol. The van der Waals surface area contributed by atoms with Crippen molar-refractivity contribution in [2.45, 2.75) is 207 Å². The Labute approximate surface area is 573 Å². The van der Waals surface area contributed by atoms with E-state index in [1.54, 1.807) is 73.3 Å². The summed E-state index contributed by atoms with van der Waals surface area (Å²) in [6.45, 7) is 18.6. The minimum absolute atomic E-state index is 0.0240. The monoisotopic (exact) mass is 1360 g/mol. The number of rotatable bonds is 14. The number of likely N-dealkylation sites (tertiary alicyclic amines) is 1. The first kappa shape index (κ1) is 80.8. The summed E-state index contributed by atoms with van der Waals surface area (Å²) in [7, 11) is 9.67. The number of likely N-dealkylation sites (N-methyl/N-ethyl adjacent to an activating group) is 7. The van der Waals surface area contributed by atoms with Gasteiger partial charge in [0.15, 0.2) is 0 Å². The van der Waals surface area contributed by atoms with E-state index in [2.05, 4.69) is 21.3 Å². The largest absolute Gasteiger partial charge is 0.391 e. The van der Waals surface area contributed by atoms with Gasteiger partial charge < -0.3 is 65.6 Å². The number of aliphatic hydroxyl groups excluding tert-OH is 1. The van der Waals surface area contributed by atoms with Crippen molar-refractivity contribution in [1.29, 1.82) is 0 Å². The first-order valence-electron chi connectivity index (χ1n) is 33.7. The second-order valence-corrected chi connectivity index (χ2v) is 28.2. The summed E-state index contributed by atoms with van der Waals surface area (Å²) in [5.41, 5.74) is 1.31. The second-order valence-electron chi connectivity index (χ2n) is 27.8. The van der Waals surface area contributed by atoms with Crippen molar-refractivity contribution < 1.29 is 62.6 Å². The highest BCUT2D eigenvalue weighted by Gasteiger charge is 2.44. The lowest BCUT2D eigenvalue weighted by molar-refractivity contribution is -0.151. The third-order valence-electron chi connectivity index (χ3n) is 18.3. The molecule has 2 aromatic rings. The zero-order valence-corrected chi connectivity index (χ0v) is 60.6. The summed E-state index contributed by atoms with van der Waals surface area (Å²) in [5, 5.41) is 22.6. The average Bonchev–Trinajstić information content (AvgIpc) is 0.821. The molecule has 0 radical (unpaired) electrons. The third-order valence-corrected chi connectivity index (χ3v) is 18.7. The fraction of sp³-hybridized carbons (Fsp3) is 0.657. The van der Waals surface area contributed by atoms with Crippen LogP contribution in [-0.4, -0.2) is 251 Å². The molecule has 2 aromatic carbocycles. The van der Waals surface area contributed by atoms with Crippen LogP contribution in [0.2, 0.25) is 5.02 Å². The van der Waals surface area contributed by atoms with Gasteiger partial charge in [0.25, 0.3) is 0 Å². The number of hydrogen-bond donors (Lipinski definition) is 5. The van der Waals surface area contributed by atoms with E-state index in [1.165, 1.54) is 89.7 Å². The summed E-state index contributed by atoms with van der Waals surface area (Å²) in [6.07, 6.45) is 0.438. The maximum Gasteiger partial charge on any atom is 0.248 e. The second kappa shape index (κ2) is 37.2. The van der Waals surface area contributed by atoms with Gasteiger partial charge >= 0.3 is 0 Å². The minimum Gasteiger partial charge on any atom is -0.391 e. The van der Waals surface area contributed by atoms with Gasteiger partial charge in [-0.2, -0.15) is 0 Å². The maximum absolute atomic E-state index is 15.2. The molecule has 26 heteroatoms. The van der Waals surface area contributed by atoms with Gasteiger partial charge in [-0.3, -0.25) is 57.5 Å². The van der Waals surface area contributed by atoms with E-state index in [1.807, 2.05) is 41.5 Å². The summed E-state index contributed by atoms with van der Waals surface area (Å²) < 4.78 is 0. The molecule has 4 rings (SSSR count). The van der Waals surface area contributed by atoms with Crippen LogP contribution in [0.25, 0.3) is 0 Å². The Bertz CT molecular complexity index is 3030. The van der Waals surface area contributed by atoms with Crippen molar-refractivity contribution in [2.75, 3.05) is 69.0 Å². The number of piperidine rings is 1. The summed E-state index contributed by atoms with van der Waals surface area (Å²) in [4.78, 5) is 187. The van der Waals surface area contributed by atoms with Crippen molar-refractivity contribution in [2.24, 2.45) is 23.7 Å². The zero-order chi connectivity index (χ0) is 72.3. The lowest BCUT2D eigenvalue weighted by atomic mass is 9.96. The normalized spacial score (nSPS) is 25.6. The first-order valence-corrected chi connectivity index (χ1v) is 34.1. The Balaban J connectivity index is 1.92. The number of carbonyl (C=O) groups is 12. The molecule has 0 unspecified atom stereocenters. The molecule has 12 amide bonds. The Kier molecular flexibility index (Phi) is 31.3. The standard InChI is InChI=1S/C70H109ClN12O13/c1-41(2)35-53-63(89)74-52(67(93)83-33-25-20-26-34-83)39-57(85)77(13)46(10)61(87)73-51(32-31-49-29-23-24-30-50(49)71)66(92)81(17)55(37-43(5)6)68(94)79(15)54(36-42(3)4)62(88)72-45(9)65(91)80(16)56(38-48-27-21-19-22-28-48)69(95)82(18)60(44(7)8)64(90)75-59(47(11)84)70(96)76(12)40-58(86)78(53)14/h19,21-24,27-30,41-47,51-56,59-60,84H,20,25-26,31-40H2,1-18H3,(H,72,88)(H,73,87)(H,74,89)(H,75,90)/t45-,46-,47+,51-,52-,53-,54-,55-,56-,59-,60-/m0/s1. The van der Waals surface area contributed by atoms with E-state index in [-0.39, 0.29) is 56.3 Å². The number of carbonyl (C=O) groups excluding carboxylic acids is 12. The molecule has 96 heavy (non-hydrogen) atoms. The van der Waals surface area contributed by atoms with Crippen LogP contribution in [0.1, 0.15) is 139 Å². The van der Waals surface area contributed by atoms with E-state index >= 15 is 14.4 Å². The van der Waals surface area contributed by atoms with Crippen molar-refractivity contribution in [1.82, 2.24) is 60.5 Å². The Morgan fingerprint density at radius 1 is 0.531 bits per heavy atom. The topological polar surface area (TPSA) is 299 Å². The van der Waals surface area contributed by atoms with Crippen molar-refractivity contribution >= 4 is 82.5 Å². The lowest BCUT2D eigenvalue weighted by Gasteiger charge is -2.38. The van der Waals surface area contributed by atoms with E-state index in [4.69, 9.17) is 11.6 Å². The maximum atomic E-state index is 15.2. The van der Waals surface area contributed by atoms with Crippen LogP contribution < -0.4 is 21.3 Å². The molecule has 0 aromatic heterocycles. The quantitative estimate of drug-likeness (QED) is 0.181. The molecule has 2 aliphatic rings. The fourth-order valence-electron chi connectivity index (χ4n) is 12.3. The summed E-state index contributed by atoms with van der Waals surface area (Å²) >= 11 is 6.63. The Morgan fingerprint density at radius 2 is 1.04 bits per heavy atom. The molecule has 5 N–H and O–H groups in total. The zero-order valence-electron chi connectivity index (χ0n) is 59.9. The molecule has 0 bridgehead atoms. The molecule has 2 fully saturated rings. The highest BCUT2D eigenvalue weighted by molar-refractivity contribution is 6.31. The Hall–Kier alpha value is -7.67. The van der Waals surface area contributed by atoms with Crippen LogP contribution >= 0.6 is 11.6 Å². The van der Waals surface area contributed by atoms with Gasteiger partial charge in [-0.25, -0.2) is 0 Å². The molecule has 2 aliphatic heterocycles. The number of hydrogen-bond acceptors (Lipinski definition) is 13. The van der Waals surface area contributed by atoms with Crippen LogP contribution in [0.3, 0.4) is 0 Å². The molecule has 0 spiro atoms. The molecule has 0 saturated carbocycles. The molecule has 25 nitrogen and oxygen atoms in total. The van der Waals surface area contributed by atoms with Crippen LogP contribution in [0, 0.1) is 23.7 Å². The van der Waals surface area contributed by atoms with Gasteiger partial charge in [0.05, 0.1) is 19.1 Å². The van der Waals surface area contributed by atoms with Gasteiger partial charge in [0.1, 0.15) is 60.4 Å². The predicted octanol–water partition coefficient (Wildman–Crippen LogP) is 3.51. The number of amides is 12. The molecule has 11 atom stereocenters. The first-order chi connectivity index (χ1) is 44.9. The van der Waals surface area contributed by atoms with Crippen LogP contribution in [0.4, 0.5) is 0 Å². The van der Waals surface area contributed by atoms with Gasteiger partial charge in [0, 0.05) is 73.9 Å². The van der Waals surface area contributed by atoms with E-state index < -0.39 is 156 Å². The van der Waals surface area contributed by atoms with Crippen molar-refractivity contribution in [3.63, 3.8) is 0 Å². The van der Waals surface area contributed by atoms with Gasteiger partial charge in [-0.15, -0.1) is 0 Å². The van der Waals surface area contributed by atoms with E-state index in [0.717, 1.165) is 21.1 Å². The van der Waals surface area contributed by atoms with Gasteiger partial charge in [-0.1, -0.05) is 116 Å². The molecule has 2 heterocycles. The number of aryl methyl sites for hydroxylation is 1. The van der Waals surface area contributed by atoms with Gasteiger partial charge in [0.2, 0.25) is 70.9 Å². The molecular formula is C70H109ClN12O13. The highest BCUT2D eigenvalue weighted by Crippen LogP contribution is 2.25. The van der Waals surface area contributed by atoms with Crippen LogP contribution in [0.5, 0.6) is 0 Å². The van der Waals surface area contributed by atoms with Crippen LogP contribution in [0.15, 0.2) is 54.6 Å². The molecule has 0 aliphatic carbocycles. The van der Waals surface area contributed by atoms with Crippen molar-refractivity contribution in [3.05, 3.63) is 70.7 Å². The number of halogens is 1.